The van der Waals surface area contributed by atoms with Crippen molar-refractivity contribution in [2.75, 3.05) is 5.73 Å². The molecule has 6 heteroatoms. The van der Waals surface area contributed by atoms with E-state index in [0.717, 1.165) is 4.90 Å². The molecule has 3 N–H and O–H groups in total. The van der Waals surface area contributed by atoms with Gasteiger partial charge in [-0.3, -0.25) is 0 Å². The van der Waals surface area contributed by atoms with Crippen LogP contribution in [0.3, 0.4) is 0 Å². The fourth-order valence-electron chi connectivity index (χ4n) is 1.35. The number of furan rings is 1. The lowest BCUT2D eigenvalue weighted by atomic mass is 10.3. The highest BCUT2D eigenvalue weighted by Gasteiger charge is 2.09. The molecule has 0 saturated carbocycles. The topological polar surface area (TPSA) is 76.5 Å². The summed E-state index contributed by atoms with van der Waals surface area (Å²) in [6.07, 6.45) is 0. The van der Waals surface area contributed by atoms with E-state index in [4.69, 9.17) is 26.9 Å². The van der Waals surface area contributed by atoms with Gasteiger partial charge in [0.2, 0.25) is 5.76 Å². The minimum Gasteiger partial charge on any atom is -0.475 e. The summed E-state index contributed by atoms with van der Waals surface area (Å²) in [4.78, 5) is 11.5. The normalized spacial score (nSPS) is 10.5. The van der Waals surface area contributed by atoms with Crippen molar-refractivity contribution in [1.29, 1.82) is 0 Å². The van der Waals surface area contributed by atoms with E-state index in [1.54, 1.807) is 18.2 Å². The van der Waals surface area contributed by atoms with Crippen molar-refractivity contribution in [3.05, 3.63) is 46.9 Å². The molecule has 0 spiro atoms. The van der Waals surface area contributed by atoms with E-state index in [9.17, 15) is 4.79 Å². The Morgan fingerprint density at radius 2 is 2.17 bits per heavy atom. The van der Waals surface area contributed by atoms with Crippen molar-refractivity contribution in [2.24, 2.45) is 0 Å². The predicted octanol–water partition coefficient (Wildman–Crippen LogP) is 3.51. The maximum atomic E-state index is 10.6. The highest BCUT2D eigenvalue weighted by Crippen LogP contribution is 2.31. The van der Waals surface area contributed by atoms with Crippen molar-refractivity contribution >= 4 is 35.0 Å². The molecule has 0 unspecified atom stereocenters. The minimum atomic E-state index is -1.07. The molecule has 2 rings (SSSR count). The number of thioether (sulfide) groups is 1. The highest BCUT2D eigenvalue weighted by molar-refractivity contribution is 7.98. The summed E-state index contributed by atoms with van der Waals surface area (Å²) >= 11 is 7.49. The zero-order chi connectivity index (χ0) is 13.1. The molecule has 0 radical (unpaired) electrons. The Bertz CT molecular complexity index is 582. The van der Waals surface area contributed by atoms with Crippen LogP contribution in [0, 0.1) is 0 Å². The van der Waals surface area contributed by atoms with E-state index in [1.807, 2.05) is 6.07 Å². The molecule has 0 aliphatic carbocycles. The Hall–Kier alpha value is -1.59. The molecule has 0 atom stereocenters. The van der Waals surface area contributed by atoms with Crippen LogP contribution in [0.25, 0.3) is 0 Å². The summed E-state index contributed by atoms with van der Waals surface area (Å²) in [5, 5.41) is 9.30. The maximum absolute atomic E-state index is 10.6. The SMILES string of the molecule is Nc1ccc(SCc2ccc(C(=O)O)o2)c(Cl)c1. The predicted molar refractivity (Wildman–Crippen MR) is 71.1 cm³/mol. The highest BCUT2D eigenvalue weighted by atomic mass is 35.5. The lowest BCUT2D eigenvalue weighted by Crippen LogP contribution is -1.91. The number of halogens is 1. The van der Waals surface area contributed by atoms with Crippen LogP contribution in [0.15, 0.2) is 39.6 Å². The number of rotatable bonds is 4. The third-order valence-corrected chi connectivity index (χ3v) is 3.72. The molecule has 2 aromatic rings. The first kappa shape index (κ1) is 12.9. The molecule has 0 aliphatic rings. The van der Waals surface area contributed by atoms with Crippen molar-refractivity contribution in [2.45, 2.75) is 10.6 Å². The summed E-state index contributed by atoms with van der Waals surface area (Å²) < 4.78 is 5.14. The van der Waals surface area contributed by atoms with E-state index >= 15 is 0 Å². The largest absolute Gasteiger partial charge is 0.475 e. The van der Waals surface area contributed by atoms with Gasteiger partial charge in [-0.05, 0) is 30.3 Å². The molecule has 0 saturated heterocycles. The monoisotopic (exact) mass is 283 g/mol. The van der Waals surface area contributed by atoms with Crippen LogP contribution in [0.1, 0.15) is 16.3 Å². The zero-order valence-corrected chi connectivity index (χ0v) is 10.8. The number of carboxylic acids is 1. The Kier molecular flexibility index (Phi) is 3.84. The summed E-state index contributed by atoms with van der Waals surface area (Å²) in [7, 11) is 0. The second kappa shape index (κ2) is 5.37. The quantitative estimate of drug-likeness (QED) is 0.663. The smallest absolute Gasteiger partial charge is 0.371 e. The van der Waals surface area contributed by atoms with Gasteiger partial charge in [-0.2, -0.15) is 0 Å². The van der Waals surface area contributed by atoms with Crippen molar-refractivity contribution in [3.8, 4) is 0 Å². The van der Waals surface area contributed by atoms with Crippen LogP contribution in [0.2, 0.25) is 5.02 Å². The van der Waals surface area contributed by atoms with Crippen LogP contribution in [-0.2, 0) is 5.75 Å². The number of carbonyl (C=O) groups is 1. The summed E-state index contributed by atoms with van der Waals surface area (Å²) in [5.74, 6) is -0.0345. The van der Waals surface area contributed by atoms with E-state index in [2.05, 4.69) is 0 Å². The fourth-order valence-corrected chi connectivity index (χ4v) is 2.52. The number of nitrogens with two attached hydrogens (primary N) is 1. The van der Waals surface area contributed by atoms with Crippen LogP contribution < -0.4 is 5.73 Å². The van der Waals surface area contributed by atoms with E-state index in [0.29, 0.717) is 22.2 Å². The van der Waals surface area contributed by atoms with Gasteiger partial charge in [-0.1, -0.05) is 11.6 Å². The van der Waals surface area contributed by atoms with Gasteiger partial charge in [-0.15, -0.1) is 11.8 Å². The molecule has 4 nitrogen and oxygen atoms in total. The number of anilines is 1. The molecule has 0 aliphatic heterocycles. The third-order valence-electron chi connectivity index (χ3n) is 2.20. The number of nitrogen functional groups attached to an aromatic ring is 1. The number of hydrogen-bond donors (Lipinski definition) is 2. The van der Waals surface area contributed by atoms with Gasteiger partial charge in [0.05, 0.1) is 10.8 Å². The second-order valence-electron chi connectivity index (χ2n) is 3.55. The average Bonchev–Trinajstić information content (AvgIpc) is 2.76. The molecule has 94 valence electrons. The van der Waals surface area contributed by atoms with Gasteiger partial charge in [0.25, 0.3) is 0 Å². The first-order valence-corrected chi connectivity index (χ1v) is 6.42. The average molecular weight is 284 g/mol. The van der Waals surface area contributed by atoms with Gasteiger partial charge in [0.15, 0.2) is 0 Å². The van der Waals surface area contributed by atoms with Gasteiger partial charge in [-0.25, -0.2) is 4.79 Å². The first-order chi connectivity index (χ1) is 8.56. The van der Waals surface area contributed by atoms with Crippen LogP contribution in [-0.4, -0.2) is 11.1 Å². The van der Waals surface area contributed by atoms with E-state index in [1.165, 1.54) is 17.8 Å². The summed E-state index contributed by atoms with van der Waals surface area (Å²) in [6, 6.07) is 8.33. The zero-order valence-electron chi connectivity index (χ0n) is 9.22. The van der Waals surface area contributed by atoms with Crippen LogP contribution in [0.5, 0.6) is 0 Å². The molecular formula is C12H10ClNO3S. The Morgan fingerprint density at radius 1 is 1.39 bits per heavy atom. The first-order valence-electron chi connectivity index (χ1n) is 5.06. The van der Waals surface area contributed by atoms with Crippen molar-refractivity contribution in [3.63, 3.8) is 0 Å². The van der Waals surface area contributed by atoms with Crippen molar-refractivity contribution in [1.82, 2.24) is 0 Å². The molecule has 0 amide bonds. The van der Waals surface area contributed by atoms with Gasteiger partial charge in [0.1, 0.15) is 5.76 Å². The molecule has 1 aromatic heterocycles. The van der Waals surface area contributed by atoms with E-state index in [-0.39, 0.29) is 5.76 Å². The minimum absolute atomic E-state index is 0.0611. The third kappa shape index (κ3) is 3.00. The second-order valence-corrected chi connectivity index (χ2v) is 4.97. The van der Waals surface area contributed by atoms with Gasteiger partial charge in [0, 0.05) is 10.6 Å². The molecule has 0 bridgehead atoms. The lowest BCUT2D eigenvalue weighted by Gasteiger charge is -2.03. The number of aromatic carboxylic acids is 1. The maximum Gasteiger partial charge on any atom is 0.371 e. The molecule has 1 aromatic carbocycles. The number of benzene rings is 1. The Labute approximate surface area is 113 Å². The lowest BCUT2D eigenvalue weighted by molar-refractivity contribution is 0.0661. The standard InChI is InChI=1S/C12H10ClNO3S/c13-9-5-7(14)1-4-11(9)18-6-8-2-3-10(17-8)12(15)16/h1-5H,6,14H2,(H,15,16). The fraction of sp³-hybridized carbons (Fsp3) is 0.0833. The molecule has 18 heavy (non-hydrogen) atoms. The molecule has 1 heterocycles. The molecular weight excluding hydrogens is 274 g/mol. The number of carboxylic acid groups (broad SMARTS) is 1. The summed E-state index contributed by atoms with van der Waals surface area (Å²) in [5.41, 5.74) is 6.20. The van der Waals surface area contributed by atoms with E-state index < -0.39 is 5.97 Å². The Morgan fingerprint density at radius 3 is 2.78 bits per heavy atom. The summed E-state index contributed by atoms with van der Waals surface area (Å²) in [6.45, 7) is 0. The molecule has 0 fully saturated rings. The Balaban J connectivity index is 2.04. The van der Waals surface area contributed by atoms with Gasteiger partial charge >= 0.3 is 5.97 Å². The van der Waals surface area contributed by atoms with Crippen LogP contribution in [0.4, 0.5) is 5.69 Å². The number of hydrogen-bond acceptors (Lipinski definition) is 4. The van der Waals surface area contributed by atoms with Crippen molar-refractivity contribution < 1.29 is 14.3 Å². The van der Waals surface area contributed by atoms with Gasteiger partial charge < -0.3 is 15.3 Å². The van der Waals surface area contributed by atoms with Crippen LogP contribution >= 0.6 is 23.4 Å².